The monoisotopic (exact) mass is 288 g/mol. The first kappa shape index (κ1) is 16.4. The molecule has 0 aromatic rings. The van der Waals surface area contributed by atoms with Crippen molar-refractivity contribution < 1.29 is 23.9 Å². The van der Waals surface area contributed by atoms with E-state index in [1.807, 2.05) is 20.8 Å². The van der Waals surface area contributed by atoms with Crippen molar-refractivity contribution in [3.05, 3.63) is 0 Å². The van der Waals surface area contributed by atoms with Crippen molar-refractivity contribution in [2.24, 2.45) is 5.41 Å². The minimum absolute atomic E-state index is 0.0524. The first-order chi connectivity index (χ1) is 9.03. The number of carbonyl (C=O) groups excluding carboxylic acids is 2. The standard InChI is InChI=1S/C13H21FN2O4/c1-12(2,3)6-9(17)15-7-10(18)16-5-4-13(14,8-16)11(19)20/h4-8H2,1-3H3,(H,15,17)(H,19,20). The molecule has 0 saturated carbocycles. The summed E-state index contributed by atoms with van der Waals surface area (Å²) in [5, 5.41) is 11.2. The summed E-state index contributed by atoms with van der Waals surface area (Å²) in [4.78, 5) is 35.2. The molecule has 0 aromatic carbocycles. The number of amides is 2. The zero-order chi connectivity index (χ0) is 15.6. The number of carbonyl (C=O) groups is 3. The van der Waals surface area contributed by atoms with Crippen molar-refractivity contribution in [3.8, 4) is 0 Å². The summed E-state index contributed by atoms with van der Waals surface area (Å²) in [6.07, 6.45) is 0.0620. The van der Waals surface area contributed by atoms with E-state index >= 15 is 0 Å². The second kappa shape index (κ2) is 5.76. The van der Waals surface area contributed by atoms with Crippen LogP contribution in [-0.2, 0) is 14.4 Å². The molecule has 7 heteroatoms. The van der Waals surface area contributed by atoms with Gasteiger partial charge in [0.25, 0.3) is 0 Å². The third-order valence-corrected chi connectivity index (χ3v) is 3.08. The maximum Gasteiger partial charge on any atom is 0.343 e. The van der Waals surface area contributed by atoms with Crippen LogP contribution in [0.5, 0.6) is 0 Å². The molecule has 1 aliphatic rings. The molecule has 2 N–H and O–H groups in total. The minimum Gasteiger partial charge on any atom is -0.479 e. The summed E-state index contributed by atoms with van der Waals surface area (Å²) in [5.41, 5.74) is -2.55. The number of carboxylic acid groups (broad SMARTS) is 1. The molecule has 1 aliphatic heterocycles. The molecule has 0 radical (unpaired) electrons. The van der Waals surface area contributed by atoms with Gasteiger partial charge in [-0.1, -0.05) is 20.8 Å². The highest BCUT2D eigenvalue weighted by atomic mass is 19.1. The molecule has 114 valence electrons. The lowest BCUT2D eigenvalue weighted by Crippen LogP contribution is -2.43. The lowest BCUT2D eigenvalue weighted by molar-refractivity contribution is -0.150. The van der Waals surface area contributed by atoms with Gasteiger partial charge >= 0.3 is 5.97 Å². The van der Waals surface area contributed by atoms with Crippen LogP contribution >= 0.6 is 0 Å². The molecule has 6 nitrogen and oxygen atoms in total. The van der Waals surface area contributed by atoms with Gasteiger partial charge in [0.1, 0.15) is 0 Å². The summed E-state index contributed by atoms with van der Waals surface area (Å²) in [5.74, 6) is -2.27. The normalized spacial score (nSPS) is 22.7. The fourth-order valence-electron chi connectivity index (χ4n) is 1.99. The third-order valence-electron chi connectivity index (χ3n) is 3.08. The number of alkyl halides is 1. The number of hydrogen-bond donors (Lipinski definition) is 2. The number of likely N-dealkylation sites (tertiary alicyclic amines) is 1. The molecule has 1 rings (SSSR count). The number of aliphatic carboxylic acids is 1. The highest BCUT2D eigenvalue weighted by Crippen LogP contribution is 2.25. The number of nitrogens with zero attached hydrogens (tertiary/aromatic N) is 1. The maximum absolute atomic E-state index is 13.8. The van der Waals surface area contributed by atoms with E-state index in [0.29, 0.717) is 0 Å². The summed E-state index contributed by atoms with van der Waals surface area (Å²) < 4.78 is 13.8. The Hall–Kier alpha value is -1.66. The Balaban J connectivity index is 2.42. The quantitative estimate of drug-likeness (QED) is 0.791. The van der Waals surface area contributed by atoms with Gasteiger partial charge in [-0.05, 0) is 5.41 Å². The fourth-order valence-corrected chi connectivity index (χ4v) is 1.99. The van der Waals surface area contributed by atoms with Gasteiger partial charge in [0.2, 0.25) is 17.5 Å². The highest BCUT2D eigenvalue weighted by molar-refractivity contribution is 5.86. The smallest absolute Gasteiger partial charge is 0.343 e. The lowest BCUT2D eigenvalue weighted by atomic mass is 9.92. The Morgan fingerprint density at radius 1 is 1.35 bits per heavy atom. The Bertz CT molecular complexity index is 419. The molecule has 0 spiro atoms. The van der Waals surface area contributed by atoms with Crippen molar-refractivity contribution in [1.82, 2.24) is 10.2 Å². The van der Waals surface area contributed by atoms with Crippen molar-refractivity contribution >= 4 is 17.8 Å². The van der Waals surface area contributed by atoms with Crippen LogP contribution in [0, 0.1) is 5.41 Å². The zero-order valence-corrected chi connectivity index (χ0v) is 12.0. The molecular weight excluding hydrogens is 267 g/mol. The van der Waals surface area contributed by atoms with E-state index in [0.717, 1.165) is 4.90 Å². The molecule has 1 saturated heterocycles. The van der Waals surface area contributed by atoms with Crippen LogP contribution in [0.2, 0.25) is 0 Å². The highest BCUT2D eigenvalue weighted by Gasteiger charge is 2.46. The molecule has 1 heterocycles. The van der Waals surface area contributed by atoms with E-state index in [2.05, 4.69) is 5.32 Å². The van der Waals surface area contributed by atoms with Gasteiger partial charge in [-0.15, -0.1) is 0 Å². The first-order valence-corrected chi connectivity index (χ1v) is 6.50. The van der Waals surface area contributed by atoms with Gasteiger partial charge in [0.05, 0.1) is 13.1 Å². The molecule has 0 aromatic heterocycles. The predicted molar refractivity (Wildman–Crippen MR) is 69.8 cm³/mol. The second-order valence-electron chi connectivity index (χ2n) is 6.35. The van der Waals surface area contributed by atoms with E-state index in [4.69, 9.17) is 5.11 Å². The summed E-state index contributed by atoms with van der Waals surface area (Å²) in [6.45, 7) is 5.06. The van der Waals surface area contributed by atoms with Crippen LogP contribution in [-0.4, -0.2) is 53.1 Å². The van der Waals surface area contributed by atoms with E-state index in [9.17, 15) is 18.8 Å². The minimum atomic E-state index is -2.37. The zero-order valence-electron chi connectivity index (χ0n) is 12.0. The van der Waals surface area contributed by atoms with Crippen molar-refractivity contribution in [2.45, 2.75) is 39.3 Å². The van der Waals surface area contributed by atoms with Crippen LogP contribution in [0.15, 0.2) is 0 Å². The van der Waals surface area contributed by atoms with Crippen LogP contribution in [0.1, 0.15) is 33.6 Å². The molecule has 0 bridgehead atoms. The Labute approximate surface area is 117 Å². The molecule has 0 aliphatic carbocycles. The predicted octanol–water partition coefficient (Wildman–Crippen LogP) is 0.564. The molecule has 1 atom stereocenters. The van der Waals surface area contributed by atoms with Crippen LogP contribution in [0.25, 0.3) is 0 Å². The van der Waals surface area contributed by atoms with Crippen molar-refractivity contribution in [2.75, 3.05) is 19.6 Å². The van der Waals surface area contributed by atoms with Crippen molar-refractivity contribution in [1.29, 1.82) is 0 Å². The Morgan fingerprint density at radius 2 is 1.95 bits per heavy atom. The molecule has 20 heavy (non-hydrogen) atoms. The number of carboxylic acids is 1. The van der Waals surface area contributed by atoms with Crippen LogP contribution in [0.3, 0.4) is 0 Å². The van der Waals surface area contributed by atoms with Gasteiger partial charge < -0.3 is 15.3 Å². The first-order valence-electron chi connectivity index (χ1n) is 6.50. The Morgan fingerprint density at radius 3 is 2.40 bits per heavy atom. The second-order valence-corrected chi connectivity index (χ2v) is 6.35. The van der Waals surface area contributed by atoms with E-state index in [-0.39, 0.29) is 37.3 Å². The molecular formula is C13H21FN2O4. The van der Waals surface area contributed by atoms with Crippen LogP contribution in [0.4, 0.5) is 4.39 Å². The largest absolute Gasteiger partial charge is 0.479 e. The van der Waals surface area contributed by atoms with E-state index < -0.39 is 24.1 Å². The van der Waals surface area contributed by atoms with Gasteiger partial charge in [-0.25, -0.2) is 9.18 Å². The molecule has 2 amide bonds. The SMILES string of the molecule is CC(C)(C)CC(=O)NCC(=O)N1CCC(F)(C(=O)O)C1. The van der Waals surface area contributed by atoms with E-state index in [1.165, 1.54) is 0 Å². The number of rotatable bonds is 4. The number of nitrogens with one attached hydrogen (secondary N) is 1. The maximum atomic E-state index is 13.8. The van der Waals surface area contributed by atoms with E-state index in [1.54, 1.807) is 0 Å². The van der Waals surface area contributed by atoms with Crippen LogP contribution < -0.4 is 5.32 Å². The lowest BCUT2D eigenvalue weighted by Gasteiger charge is -2.20. The summed E-state index contributed by atoms with van der Waals surface area (Å²) in [6, 6.07) is 0. The van der Waals surface area contributed by atoms with Gasteiger partial charge in [0, 0.05) is 19.4 Å². The number of halogens is 1. The topological polar surface area (TPSA) is 86.7 Å². The Kier molecular flexibility index (Phi) is 4.73. The average molecular weight is 288 g/mol. The van der Waals surface area contributed by atoms with Gasteiger partial charge in [0.15, 0.2) is 0 Å². The summed E-state index contributed by atoms with van der Waals surface area (Å²) in [7, 11) is 0. The van der Waals surface area contributed by atoms with Gasteiger partial charge in [-0.3, -0.25) is 9.59 Å². The molecule has 1 unspecified atom stereocenters. The fraction of sp³-hybridized carbons (Fsp3) is 0.769. The van der Waals surface area contributed by atoms with Gasteiger partial charge in [-0.2, -0.15) is 0 Å². The van der Waals surface area contributed by atoms with Crippen molar-refractivity contribution in [3.63, 3.8) is 0 Å². The molecule has 1 fully saturated rings. The average Bonchev–Trinajstić information content (AvgIpc) is 2.68. The summed E-state index contributed by atoms with van der Waals surface area (Å²) >= 11 is 0. The third kappa shape index (κ3) is 4.47. The number of hydrogen-bond acceptors (Lipinski definition) is 3.